The summed E-state index contributed by atoms with van der Waals surface area (Å²) in [5.74, 6) is -0.960. The Hall–Kier alpha value is -3.03. The van der Waals surface area contributed by atoms with Gasteiger partial charge in [-0.15, -0.1) is 0 Å². The first kappa shape index (κ1) is 18.3. The molecule has 6 nitrogen and oxygen atoms in total. The van der Waals surface area contributed by atoms with Gasteiger partial charge in [0.25, 0.3) is 5.91 Å². The highest BCUT2D eigenvalue weighted by molar-refractivity contribution is 5.91. The van der Waals surface area contributed by atoms with Gasteiger partial charge in [-0.2, -0.15) is 8.78 Å². The van der Waals surface area contributed by atoms with Gasteiger partial charge in [-0.1, -0.05) is 12.1 Å². The van der Waals surface area contributed by atoms with Crippen molar-refractivity contribution in [1.29, 1.82) is 0 Å². The van der Waals surface area contributed by atoms with Gasteiger partial charge in [-0.05, 0) is 36.2 Å². The average Bonchev–Trinajstić information content (AvgIpc) is 2.61. The molecule has 0 spiro atoms. The van der Waals surface area contributed by atoms with E-state index in [1.807, 2.05) is 0 Å². The number of hydrogen-bond acceptors (Lipinski definition) is 5. The van der Waals surface area contributed by atoms with Gasteiger partial charge in [0.2, 0.25) is 0 Å². The van der Waals surface area contributed by atoms with Crippen LogP contribution in [0.15, 0.2) is 48.8 Å². The van der Waals surface area contributed by atoms with Crippen LogP contribution < -0.4 is 10.1 Å². The molecule has 0 fully saturated rings. The van der Waals surface area contributed by atoms with Gasteiger partial charge in [0.1, 0.15) is 5.75 Å². The second kappa shape index (κ2) is 9.31. The number of benzene rings is 1. The molecule has 2 rings (SSSR count). The van der Waals surface area contributed by atoms with Gasteiger partial charge in [0.05, 0.1) is 5.56 Å². The van der Waals surface area contributed by atoms with Crippen molar-refractivity contribution in [3.05, 3.63) is 59.9 Å². The third-order valence-corrected chi connectivity index (χ3v) is 3.13. The summed E-state index contributed by atoms with van der Waals surface area (Å²) in [7, 11) is 0. The minimum absolute atomic E-state index is 0.0748. The van der Waals surface area contributed by atoms with Crippen molar-refractivity contribution in [3.8, 4) is 5.75 Å². The lowest BCUT2D eigenvalue weighted by Gasteiger charge is -2.08. The van der Waals surface area contributed by atoms with Crippen LogP contribution in [0.5, 0.6) is 5.75 Å². The van der Waals surface area contributed by atoms with Gasteiger partial charge >= 0.3 is 12.6 Å². The molecular formula is C17H16F2N2O4. The van der Waals surface area contributed by atoms with E-state index in [4.69, 9.17) is 4.74 Å². The smallest absolute Gasteiger partial charge is 0.387 e. The van der Waals surface area contributed by atoms with E-state index in [1.165, 1.54) is 36.7 Å². The number of carbonyl (C=O) groups is 2. The normalized spacial score (nSPS) is 10.4. The minimum atomic E-state index is -2.86. The van der Waals surface area contributed by atoms with Crippen molar-refractivity contribution in [2.75, 3.05) is 13.2 Å². The highest BCUT2D eigenvalue weighted by Crippen LogP contribution is 2.14. The second-order valence-electron chi connectivity index (χ2n) is 4.93. The topological polar surface area (TPSA) is 77.5 Å². The van der Waals surface area contributed by atoms with E-state index in [2.05, 4.69) is 15.0 Å². The summed E-state index contributed by atoms with van der Waals surface area (Å²) in [5, 5.41) is 2.61. The molecule has 2 aromatic rings. The van der Waals surface area contributed by atoms with Gasteiger partial charge < -0.3 is 14.8 Å². The molecule has 132 valence electrons. The quantitative estimate of drug-likeness (QED) is 0.739. The monoisotopic (exact) mass is 350 g/mol. The summed E-state index contributed by atoms with van der Waals surface area (Å²) in [4.78, 5) is 27.1. The van der Waals surface area contributed by atoms with Gasteiger partial charge in [-0.3, -0.25) is 9.78 Å². The van der Waals surface area contributed by atoms with Gasteiger partial charge in [0, 0.05) is 18.9 Å². The molecule has 8 heteroatoms. The molecule has 0 saturated heterocycles. The lowest BCUT2D eigenvalue weighted by molar-refractivity contribution is -0.124. The van der Waals surface area contributed by atoms with Crippen molar-refractivity contribution in [1.82, 2.24) is 10.3 Å². The van der Waals surface area contributed by atoms with E-state index in [1.54, 1.807) is 12.1 Å². The lowest BCUT2D eigenvalue weighted by Crippen LogP contribution is -2.30. The Morgan fingerprint density at radius 3 is 2.40 bits per heavy atom. The molecule has 0 aliphatic heterocycles. The average molecular weight is 350 g/mol. The maximum atomic E-state index is 12.0. The summed E-state index contributed by atoms with van der Waals surface area (Å²) < 4.78 is 33.2. The number of nitrogens with zero attached hydrogens (tertiary/aromatic N) is 1. The Morgan fingerprint density at radius 1 is 1.08 bits per heavy atom. The maximum Gasteiger partial charge on any atom is 0.387 e. The molecule has 1 heterocycles. The van der Waals surface area contributed by atoms with Crippen molar-refractivity contribution < 1.29 is 27.8 Å². The number of alkyl halides is 2. The first-order valence-corrected chi connectivity index (χ1v) is 7.42. The number of amides is 1. The number of esters is 1. The first-order chi connectivity index (χ1) is 12.0. The molecule has 0 unspecified atom stereocenters. The highest BCUT2D eigenvalue weighted by Gasteiger charge is 2.09. The number of ether oxygens (including phenoxy) is 2. The van der Waals surface area contributed by atoms with E-state index in [9.17, 15) is 18.4 Å². The molecule has 1 aromatic heterocycles. The Morgan fingerprint density at radius 2 is 1.76 bits per heavy atom. The number of halogens is 2. The SMILES string of the molecule is O=C(COC(=O)c1ccncc1)NCCc1ccc(OC(F)F)cc1. The Balaban J connectivity index is 1.67. The number of nitrogens with one attached hydrogen (secondary N) is 1. The number of aromatic nitrogens is 1. The van der Waals surface area contributed by atoms with Gasteiger partial charge in [0.15, 0.2) is 6.61 Å². The van der Waals surface area contributed by atoms with Crippen LogP contribution in [0.25, 0.3) is 0 Å². The highest BCUT2D eigenvalue weighted by atomic mass is 19.3. The molecule has 1 amide bonds. The fraction of sp³-hybridized carbons (Fsp3) is 0.235. The van der Waals surface area contributed by atoms with E-state index >= 15 is 0 Å². The zero-order chi connectivity index (χ0) is 18.1. The van der Waals surface area contributed by atoms with Crippen LogP contribution in [0.4, 0.5) is 8.78 Å². The fourth-order valence-electron chi connectivity index (χ4n) is 1.94. The molecule has 0 atom stereocenters. The summed E-state index contributed by atoms with van der Waals surface area (Å²) in [6.07, 6.45) is 3.40. The number of carbonyl (C=O) groups excluding carboxylic acids is 2. The van der Waals surface area contributed by atoms with Crippen molar-refractivity contribution in [2.45, 2.75) is 13.0 Å². The largest absolute Gasteiger partial charge is 0.452 e. The molecule has 0 radical (unpaired) electrons. The van der Waals surface area contributed by atoms with Gasteiger partial charge in [-0.25, -0.2) is 4.79 Å². The fourth-order valence-corrected chi connectivity index (χ4v) is 1.94. The minimum Gasteiger partial charge on any atom is -0.452 e. The van der Waals surface area contributed by atoms with Crippen molar-refractivity contribution in [3.63, 3.8) is 0 Å². The Kier molecular flexibility index (Phi) is 6.82. The van der Waals surface area contributed by atoms with Crippen LogP contribution in [-0.4, -0.2) is 36.6 Å². The van der Waals surface area contributed by atoms with E-state index in [0.717, 1.165) is 5.56 Å². The van der Waals surface area contributed by atoms with Crippen LogP contribution in [0.2, 0.25) is 0 Å². The third-order valence-electron chi connectivity index (χ3n) is 3.13. The number of rotatable bonds is 8. The number of pyridine rings is 1. The summed E-state index contributed by atoms with van der Waals surface area (Å²) in [5.41, 5.74) is 1.16. The predicted molar refractivity (Wildman–Crippen MR) is 84.3 cm³/mol. The predicted octanol–water partition coefficient (Wildman–Crippen LogP) is 2.20. The van der Waals surface area contributed by atoms with Crippen molar-refractivity contribution in [2.24, 2.45) is 0 Å². The molecule has 0 saturated carbocycles. The molecule has 0 bridgehead atoms. The molecule has 0 aliphatic carbocycles. The van der Waals surface area contributed by atoms with Crippen LogP contribution in [0, 0.1) is 0 Å². The van der Waals surface area contributed by atoms with E-state index in [-0.39, 0.29) is 12.4 Å². The summed E-state index contributed by atoms with van der Waals surface area (Å²) in [6, 6.07) is 9.10. The van der Waals surface area contributed by atoms with Crippen LogP contribution in [0.1, 0.15) is 15.9 Å². The summed E-state index contributed by atoms with van der Waals surface area (Å²) >= 11 is 0. The lowest BCUT2D eigenvalue weighted by atomic mass is 10.1. The Labute approximate surface area is 142 Å². The standard InChI is InChI=1S/C17H16F2N2O4/c18-17(19)25-14-3-1-12(2-4-14)5-10-21-15(22)11-24-16(23)13-6-8-20-9-7-13/h1-4,6-9,17H,5,10-11H2,(H,21,22). The van der Waals surface area contributed by atoms with Crippen LogP contribution in [0.3, 0.4) is 0 Å². The van der Waals surface area contributed by atoms with Crippen LogP contribution >= 0.6 is 0 Å². The molecular weight excluding hydrogens is 334 g/mol. The molecule has 25 heavy (non-hydrogen) atoms. The summed E-state index contributed by atoms with van der Waals surface area (Å²) in [6.45, 7) is -2.93. The second-order valence-corrected chi connectivity index (χ2v) is 4.93. The Bertz CT molecular complexity index is 694. The zero-order valence-electron chi connectivity index (χ0n) is 13.2. The molecule has 0 aliphatic rings. The zero-order valence-corrected chi connectivity index (χ0v) is 13.2. The van der Waals surface area contributed by atoms with E-state index < -0.39 is 18.5 Å². The van der Waals surface area contributed by atoms with E-state index in [0.29, 0.717) is 18.5 Å². The molecule has 1 aromatic carbocycles. The van der Waals surface area contributed by atoms with Crippen LogP contribution in [-0.2, 0) is 16.0 Å². The third kappa shape index (κ3) is 6.54. The molecule has 1 N–H and O–H groups in total. The first-order valence-electron chi connectivity index (χ1n) is 7.42. The maximum absolute atomic E-state index is 12.0. The van der Waals surface area contributed by atoms with Crippen molar-refractivity contribution >= 4 is 11.9 Å². The number of hydrogen-bond donors (Lipinski definition) is 1.